The van der Waals surface area contributed by atoms with Crippen molar-refractivity contribution in [2.45, 2.75) is 90.3 Å². The molecule has 0 aromatic carbocycles. The van der Waals surface area contributed by atoms with Crippen LogP contribution in [0.5, 0.6) is 0 Å². The fraction of sp³-hybridized carbons (Fsp3) is 0.913. The molecule has 0 bridgehead atoms. The standard InChI is InChI=1S/C23H36O5/c1-14(24)28-16-7-10-21(2)15(13-16)5-6-18-17(21)8-11-22(3)19(20(25)27-4)9-12-23(18,22)26/h15-19,26H,5-13H2,1-4H3/t15?,16-,17?,18?,19?,21?,22?,23?/m1/s1. The van der Waals surface area contributed by atoms with Crippen LogP contribution in [0.2, 0.25) is 0 Å². The fourth-order valence-corrected chi connectivity index (χ4v) is 8.05. The van der Waals surface area contributed by atoms with Gasteiger partial charge in [-0.05, 0) is 81.0 Å². The van der Waals surface area contributed by atoms with Gasteiger partial charge < -0.3 is 14.6 Å². The molecule has 0 heterocycles. The van der Waals surface area contributed by atoms with Gasteiger partial charge in [0.05, 0.1) is 18.6 Å². The van der Waals surface area contributed by atoms with Crippen LogP contribution in [-0.4, -0.2) is 35.9 Å². The summed E-state index contributed by atoms with van der Waals surface area (Å²) in [6, 6.07) is 0. The number of methoxy groups -OCH3 is 1. The van der Waals surface area contributed by atoms with Gasteiger partial charge in [0, 0.05) is 12.3 Å². The summed E-state index contributed by atoms with van der Waals surface area (Å²) in [5.41, 5.74) is -0.950. The molecular weight excluding hydrogens is 356 g/mol. The monoisotopic (exact) mass is 392 g/mol. The fourth-order valence-electron chi connectivity index (χ4n) is 8.05. The molecule has 0 radical (unpaired) electrons. The number of fused-ring (bicyclic) bond motifs is 5. The van der Waals surface area contributed by atoms with Gasteiger partial charge in [0.15, 0.2) is 0 Å². The topological polar surface area (TPSA) is 72.8 Å². The van der Waals surface area contributed by atoms with Crippen LogP contribution in [0.15, 0.2) is 0 Å². The molecule has 4 aliphatic carbocycles. The van der Waals surface area contributed by atoms with Crippen LogP contribution >= 0.6 is 0 Å². The highest BCUT2D eigenvalue weighted by atomic mass is 16.5. The van der Waals surface area contributed by atoms with E-state index in [1.807, 2.05) is 0 Å². The number of rotatable bonds is 2. The molecule has 28 heavy (non-hydrogen) atoms. The summed E-state index contributed by atoms with van der Waals surface area (Å²) in [4.78, 5) is 23.8. The lowest BCUT2D eigenvalue weighted by Crippen LogP contribution is -2.62. The Bertz CT molecular complexity index is 661. The molecule has 5 nitrogen and oxygen atoms in total. The average Bonchev–Trinajstić information content (AvgIpc) is 2.92. The van der Waals surface area contributed by atoms with E-state index < -0.39 is 5.60 Å². The first-order valence-electron chi connectivity index (χ1n) is 11.1. The van der Waals surface area contributed by atoms with Crippen molar-refractivity contribution in [3.8, 4) is 0 Å². The molecule has 4 aliphatic rings. The highest BCUT2D eigenvalue weighted by Gasteiger charge is 2.68. The quantitative estimate of drug-likeness (QED) is 0.722. The number of carbonyl (C=O) groups excluding carboxylic acids is 2. The van der Waals surface area contributed by atoms with E-state index in [-0.39, 0.29) is 40.7 Å². The SMILES string of the molecule is COC(=O)C1CCC2(O)C3CCC4C[C@H](OC(C)=O)CCC4(C)C3CCC12C. The second kappa shape index (κ2) is 6.72. The maximum atomic E-state index is 12.4. The predicted molar refractivity (Wildman–Crippen MR) is 104 cm³/mol. The number of esters is 2. The minimum absolute atomic E-state index is 0.0549. The number of ether oxygens (including phenoxy) is 2. The van der Waals surface area contributed by atoms with Crippen LogP contribution < -0.4 is 0 Å². The van der Waals surface area contributed by atoms with Crippen LogP contribution in [-0.2, 0) is 19.1 Å². The number of hydrogen-bond donors (Lipinski definition) is 1. The Hall–Kier alpha value is -1.10. The number of hydrogen-bond acceptors (Lipinski definition) is 5. The molecule has 0 aliphatic heterocycles. The lowest BCUT2D eigenvalue weighted by atomic mass is 9.43. The lowest BCUT2D eigenvalue weighted by molar-refractivity contribution is -0.214. The van der Waals surface area contributed by atoms with Gasteiger partial charge in [-0.3, -0.25) is 9.59 Å². The summed E-state index contributed by atoms with van der Waals surface area (Å²) in [6.07, 6.45) is 8.49. The van der Waals surface area contributed by atoms with E-state index in [0.29, 0.717) is 18.3 Å². The summed E-state index contributed by atoms with van der Waals surface area (Å²) < 4.78 is 10.6. The summed E-state index contributed by atoms with van der Waals surface area (Å²) in [7, 11) is 1.46. The maximum Gasteiger partial charge on any atom is 0.309 e. The normalized spacial score (nSPS) is 50.1. The molecule has 5 heteroatoms. The lowest BCUT2D eigenvalue weighted by Gasteiger charge is -2.63. The molecule has 1 N–H and O–H groups in total. The van der Waals surface area contributed by atoms with E-state index in [0.717, 1.165) is 51.4 Å². The van der Waals surface area contributed by atoms with Gasteiger partial charge in [-0.15, -0.1) is 0 Å². The molecule has 8 atom stereocenters. The second-order valence-electron chi connectivity index (χ2n) is 10.5. The Morgan fingerprint density at radius 2 is 1.71 bits per heavy atom. The molecule has 0 spiro atoms. The smallest absolute Gasteiger partial charge is 0.309 e. The van der Waals surface area contributed by atoms with Gasteiger partial charge in [-0.25, -0.2) is 0 Å². The van der Waals surface area contributed by atoms with Crippen molar-refractivity contribution in [1.29, 1.82) is 0 Å². The van der Waals surface area contributed by atoms with Gasteiger partial charge in [-0.2, -0.15) is 0 Å². The minimum Gasteiger partial charge on any atom is -0.469 e. The van der Waals surface area contributed by atoms with Gasteiger partial charge >= 0.3 is 11.9 Å². The molecule has 4 rings (SSSR count). The molecular formula is C23H36O5. The van der Waals surface area contributed by atoms with Crippen molar-refractivity contribution in [3.63, 3.8) is 0 Å². The van der Waals surface area contributed by atoms with Gasteiger partial charge in [0.25, 0.3) is 0 Å². The minimum atomic E-state index is -0.768. The second-order valence-corrected chi connectivity index (χ2v) is 10.5. The van der Waals surface area contributed by atoms with Crippen molar-refractivity contribution < 1.29 is 24.2 Å². The van der Waals surface area contributed by atoms with Crippen molar-refractivity contribution in [2.75, 3.05) is 7.11 Å². The third kappa shape index (κ3) is 2.68. The largest absolute Gasteiger partial charge is 0.469 e. The zero-order valence-corrected chi connectivity index (χ0v) is 17.8. The Morgan fingerprint density at radius 3 is 2.39 bits per heavy atom. The number of aliphatic hydroxyl groups is 1. The Balaban J connectivity index is 1.58. The third-order valence-electron chi connectivity index (χ3n) is 9.62. The van der Waals surface area contributed by atoms with E-state index in [9.17, 15) is 14.7 Å². The zero-order valence-electron chi connectivity index (χ0n) is 17.8. The van der Waals surface area contributed by atoms with Crippen LogP contribution in [0.1, 0.15) is 78.6 Å². The number of carbonyl (C=O) groups is 2. The van der Waals surface area contributed by atoms with E-state index in [1.54, 1.807) is 0 Å². The molecule has 0 amide bonds. The van der Waals surface area contributed by atoms with E-state index >= 15 is 0 Å². The van der Waals surface area contributed by atoms with Gasteiger partial charge in [0.2, 0.25) is 0 Å². The first-order valence-corrected chi connectivity index (χ1v) is 11.1. The molecule has 158 valence electrons. The molecule has 0 aromatic rings. The molecule has 0 aromatic heterocycles. The van der Waals surface area contributed by atoms with Crippen molar-refractivity contribution >= 4 is 11.9 Å². The Labute approximate surface area is 168 Å². The van der Waals surface area contributed by atoms with E-state index in [2.05, 4.69) is 13.8 Å². The predicted octanol–water partition coefficient (Wildman–Crippen LogP) is 3.86. The summed E-state index contributed by atoms with van der Waals surface area (Å²) >= 11 is 0. The van der Waals surface area contributed by atoms with Crippen molar-refractivity contribution in [3.05, 3.63) is 0 Å². The van der Waals surface area contributed by atoms with Crippen LogP contribution in [0.3, 0.4) is 0 Å². The summed E-state index contributed by atoms with van der Waals surface area (Å²) in [5.74, 6) is 0.779. The van der Waals surface area contributed by atoms with Crippen LogP contribution in [0.4, 0.5) is 0 Å². The van der Waals surface area contributed by atoms with Gasteiger partial charge in [-0.1, -0.05) is 13.8 Å². The Morgan fingerprint density at radius 1 is 0.964 bits per heavy atom. The van der Waals surface area contributed by atoms with E-state index in [4.69, 9.17) is 9.47 Å². The van der Waals surface area contributed by atoms with Gasteiger partial charge in [0.1, 0.15) is 6.10 Å². The summed E-state index contributed by atoms with van der Waals surface area (Å²) in [6.45, 7) is 6.04. The van der Waals surface area contributed by atoms with Crippen molar-refractivity contribution in [1.82, 2.24) is 0 Å². The molecule has 4 saturated carbocycles. The first-order chi connectivity index (χ1) is 13.2. The summed E-state index contributed by atoms with van der Waals surface area (Å²) in [5, 5.41) is 12.0. The highest BCUT2D eigenvalue weighted by Crippen LogP contribution is 2.69. The van der Waals surface area contributed by atoms with Crippen molar-refractivity contribution in [2.24, 2.45) is 34.5 Å². The average molecular weight is 393 g/mol. The maximum absolute atomic E-state index is 12.4. The molecule has 4 fully saturated rings. The molecule has 0 saturated heterocycles. The van der Waals surface area contributed by atoms with Crippen LogP contribution in [0.25, 0.3) is 0 Å². The zero-order chi connectivity index (χ0) is 20.3. The highest BCUT2D eigenvalue weighted by molar-refractivity contribution is 5.74. The third-order valence-corrected chi connectivity index (χ3v) is 9.62. The van der Waals surface area contributed by atoms with Crippen LogP contribution in [0, 0.1) is 34.5 Å². The molecule has 7 unspecified atom stereocenters. The Kier molecular flexibility index (Phi) is 4.84. The van der Waals surface area contributed by atoms with E-state index in [1.165, 1.54) is 14.0 Å². The first kappa shape index (κ1) is 20.2.